The minimum atomic E-state index is -1.09. The van der Waals surface area contributed by atoms with Crippen molar-refractivity contribution < 1.29 is 14.7 Å². The number of hydrogen-bond donors (Lipinski definition) is 1. The normalized spacial score (nSPS) is 16.4. The van der Waals surface area contributed by atoms with Crippen LogP contribution >= 0.6 is 0 Å². The number of aromatic nitrogens is 3. The van der Waals surface area contributed by atoms with E-state index >= 15 is 0 Å². The van der Waals surface area contributed by atoms with Crippen molar-refractivity contribution in [2.45, 2.75) is 39.3 Å². The molecular formula is C13H21N5O3. The Bertz CT molecular complexity index is 524. The summed E-state index contributed by atoms with van der Waals surface area (Å²) in [5.41, 5.74) is -0.0745. The molecule has 116 valence electrons. The van der Waals surface area contributed by atoms with Crippen LogP contribution in [-0.4, -0.2) is 67.6 Å². The number of carboxylic acids is 1. The number of aromatic carboxylic acids is 1. The highest BCUT2D eigenvalue weighted by molar-refractivity contribution is 5.84. The number of amides is 2. The average molecular weight is 295 g/mol. The molecule has 0 bridgehead atoms. The molecule has 1 unspecified atom stereocenters. The van der Waals surface area contributed by atoms with Gasteiger partial charge in [0.2, 0.25) is 0 Å². The predicted molar refractivity (Wildman–Crippen MR) is 75.1 cm³/mol. The number of rotatable bonds is 5. The molecule has 1 fully saturated rings. The minimum absolute atomic E-state index is 0.00480. The maximum Gasteiger partial charge on any atom is 0.358 e. The van der Waals surface area contributed by atoms with Crippen molar-refractivity contribution in [2.75, 3.05) is 19.6 Å². The van der Waals surface area contributed by atoms with Crippen LogP contribution in [0.25, 0.3) is 0 Å². The first-order valence-electron chi connectivity index (χ1n) is 7.18. The molecule has 0 saturated carbocycles. The summed E-state index contributed by atoms with van der Waals surface area (Å²) < 4.78 is 1.52. The van der Waals surface area contributed by atoms with Crippen LogP contribution in [0.5, 0.6) is 0 Å². The summed E-state index contributed by atoms with van der Waals surface area (Å²) >= 11 is 0. The van der Waals surface area contributed by atoms with E-state index in [1.807, 2.05) is 18.7 Å². The lowest BCUT2D eigenvalue weighted by Gasteiger charge is -2.42. The smallest absolute Gasteiger partial charge is 0.358 e. The number of urea groups is 1. The van der Waals surface area contributed by atoms with Gasteiger partial charge in [0.15, 0.2) is 5.69 Å². The SMILES string of the molecule is CCC(C)N(CC)C(=O)N1CC(n2cc(C(=O)O)nn2)C1. The van der Waals surface area contributed by atoms with Gasteiger partial charge in [0.25, 0.3) is 0 Å². The first-order chi connectivity index (χ1) is 9.97. The first kappa shape index (κ1) is 15.3. The number of nitrogens with zero attached hydrogens (tertiary/aromatic N) is 5. The molecule has 8 heteroatoms. The van der Waals surface area contributed by atoms with Crippen LogP contribution in [0.4, 0.5) is 4.79 Å². The molecule has 1 aliphatic heterocycles. The van der Waals surface area contributed by atoms with Gasteiger partial charge in [0.05, 0.1) is 12.2 Å². The average Bonchev–Trinajstić information content (AvgIpc) is 2.87. The molecule has 1 saturated heterocycles. The van der Waals surface area contributed by atoms with Crippen molar-refractivity contribution in [1.29, 1.82) is 0 Å². The molecule has 1 N–H and O–H groups in total. The Kier molecular flexibility index (Phi) is 4.44. The zero-order chi connectivity index (χ0) is 15.6. The van der Waals surface area contributed by atoms with Gasteiger partial charge in [-0.25, -0.2) is 14.3 Å². The Morgan fingerprint density at radius 3 is 2.62 bits per heavy atom. The molecule has 0 aromatic carbocycles. The van der Waals surface area contributed by atoms with E-state index in [4.69, 9.17) is 5.11 Å². The molecule has 21 heavy (non-hydrogen) atoms. The van der Waals surface area contributed by atoms with Crippen LogP contribution in [0.15, 0.2) is 6.20 Å². The van der Waals surface area contributed by atoms with Gasteiger partial charge in [-0.2, -0.15) is 0 Å². The molecule has 0 radical (unpaired) electrons. The van der Waals surface area contributed by atoms with Crippen molar-refractivity contribution in [1.82, 2.24) is 24.8 Å². The van der Waals surface area contributed by atoms with Gasteiger partial charge in [-0.3, -0.25) is 0 Å². The largest absolute Gasteiger partial charge is 0.476 e. The first-order valence-corrected chi connectivity index (χ1v) is 7.18. The van der Waals surface area contributed by atoms with Gasteiger partial charge >= 0.3 is 12.0 Å². The number of likely N-dealkylation sites (tertiary alicyclic amines) is 1. The third kappa shape index (κ3) is 2.98. The second-order valence-corrected chi connectivity index (χ2v) is 5.27. The Hall–Kier alpha value is -2.12. The van der Waals surface area contributed by atoms with Gasteiger partial charge in [-0.1, -0.05) is 12.1 Å². The molecule has 0 spiro atoms. The Morgan fingerprint density at radius 1 is 1.48 bits per heavy atom. The number of carbonyl (C=O) groups excluding carboxylic acids is 1. The molecule has 0 aliphatic carbocycles. The monoisotopic (exact) mass is 295 g/mol. The fourth-order valence-electron chi connectivity index (χ4n) is 2.37. The van der Waals surface area contributed by atoms with E-state index in [1.54, 1.807) is 4.90 Å². The van der Waals surface area contributed by atoms with Crippen LogP contribution in [0, 0.1) is 0 Å². The topological polar surface area (TPSA) is 91.6 Å². The highest BCUT2D eigenvalue weighted by Crippen LogP contribution is 2.22. The van der Waals surface area contributed by atoms with Crippen molar-refractivity contribution in [3.63, 3.8) is 0 Å². The van der Waals surface area contributed by atoms with Gasteiger partial charge in [0.1, 0.15) is 0 Å². The molecule has 2 heterocycles. The van der Waals surface area contributed by atoms with E-state index in [9.17, 15) is 9.59 Å². The third-order valence-electron chi connectivity index (χ3n) is 3.95. The lowest BCUT2D eigenvalue weighted by atomic mass is 10.1. The molecular weight excluding hydrogens is 274 g/mol. The van der Waals surface area contributed by atoms with Crippen LogP contribution in [0.2, 0.25) is 0 Å². The summed E-state index contributed by atoms with van der Waals surface area (Å²) in [5.74, 6) is -1.09. The molecule has 1 aliphatic rings. The summed E-state index contributed by atoms with van der Waals surface area (Å²) in [7, 11) is 0. The highest BCUT2D eigenvalue weighted by Gasteiger charge is 2.36. The van der Waals surface area contributed by atoms with E-state index in [0.717, 1.165) is 6.42 Å². The summed E-state index contributed by atoms with van der Waals surface area (Å²) in [6, 6.07) is 0.249. The number of carboxylic acid groups (broad SMARTS) is 1. The van der Waals surface area contributed by atoms with E-state index in [-0.39, 0.29) is 23.8 Å². The van der Waals surface area contributed by atoms with Crippen LogP contribution < -0.4 is 0 Å². The minimum Gasteiger partial charge on any atom is -0.476 e. The lowest BCUT2D eigenvalue weighted by molar-refractivity contribution is 0.0688. The third-order valence-corrected chi connectivity index (χ3v) is 3.95. The van der Waals surface area contributed by atoms with Crippen LogP contribution in [-0.2, 0) is 0 Å². The zero-order valence-corrected chi connectivity index (χ0v) is 12.6. The van der Waals surface area contributed by atoms with Gasteiger partial charge < -0.3 is 14.9 Å². The molecule has 8 nitrogen and oxygen atoms in total. The fourth-order valence-corrected chi connectivity index (χ4v) is 2.37. The van der Waals surface area contributed by atoms with Crippen molar-refractivity contribution >= 4 is 12.0 Å². The van der Waals surface area contributed by atoms with E-state index in [0.29, 0.717) is 19.6 Å². The second kappa shape index (κ2) is 6.11. The standard InChI is InChI=1S/C13H21N5O3/c1-4-9(3)17(5-2)13(21)16-6-10(7-16)18-8-11(12(19)20)14-15-18/h8-10H,4-7H2,1-3H3,(H,19,20). The Balaban J connectivity index is 1.93. The molecule has 2 amide bonds. The van der Waals surface area contributed by atoms with Gasteiger partial charge in [-0.05, 0) is 20.3 Å². The summed E-state index contributed by atoms with van der Waals surface area (Å²) in [5, 5.41) is 16.2. The molecule has 1 atom stereocenters. The van der Waals surface area contributed by atoms with E-state index in [1.165, 1.54) is 10.9 Å². The fraction of sp³-hybridized carbons (Fsp3) is 0.692. The zero-order valence-electron chi connectivity index (χ0n) is 12.6. The number of carbonyl (C=O) groups is 2. The molecule has 1 aromatic heterocycles. The lowest BCUT2D eigenvalue weighted by Crippen LogP contribution is -2.56. The highest BCUT2D eigenvalue weighted by atomic mass is 16.4. The molecule has 2 rings (SSSR count). The maximum absolute atomic E-state index is 12.4. The van der Waals surface area contributed by atoms with E-state index in [2.05, 4.69) is 17.2 Å². The van der Waals surface area contributed by atoms with Gasteiger partial charge in [-0.15, -0.1) is 5.10 Å². The van der Waals surface area contributed by atoms with Gasteiger partial charge in [0, 0.05) is 25.7 Å². The van der Waals surface area contributed by atoms with Crippen molar-refractivity contribution in [3.05, 3.63) is 11.9 Å². The quantitative estimate of drug-likeness (QED) is 0.877. The summed E-state index contributed by atoms with van der Waals surface area (Å²) in [6.45, 7) is 7.82. The van der Waals surface area contributed by atoms with Crippen LogP contribution in [0.3, 0.4) is 0 Å². The van der Waals surface area contributed by atoms with Crippen molar-refractivity contribution in [2.24, 2.45) is 0 Å². The van der Waals surface area contributed by atoms with Crippen molar-refractivity contribution in [3.8, 4) is 0 Å². The Labute approximate surface area is 123 Å². The van der Waals surface area contributed by atoms with Crippen LogP contribution in [0.1, 0.15) is 43.7 Å². The summed E-state index contributed by atoms with van der Waals surface area (Å²) in [6.07, 6.45) is 2.32. The molecule has 1 aromatic rings. The number of hydrogen-bond acceptors (Lipinski definition) is 4. The maximum atomic E-state index is 12.4. The van der Waals surface area contributed by atoms with E-state index < -0.39 is 5.97 Å². The Morgan fingerprint density at radius 2 is 2.14 bits per heavy atom. The second-order valence-electron chi connectivity index (χ2n) is 5.27. The summed E-state index contributed by atoms with van der Waals surface area (Å²) in [4.78, 5) is 26.7. The predicted octanol–water partition coefficient (Wildman–Crippen LogP) is 1.07.